The summed E-state index contributed by atoms with van der Waals surface area (Å²) in [4.78, 5) is 0. The zero-order valence-corrected chi connectivity index (χ0v) is 12.6. The second-order valence-corrected chi connectivity index (χ2v) is 6.19. The van der Waals surface area contributed by atoms with Crippen molar-refractivity contribution < 1.29 is 0 Å². The van der Waals surface area contributed by atoms with Crippen LogP contribution in [0.5, 0.6) is 0 Å². The molecule has 3 aromatic rings. The smallest absolute Gasteiger partial charge is 0.210 e. The van der Waals surface area contributed by atoms with Crippen molar-refractivity contribution in [2.75, 3.05) is 0 Å². The molecule has 0 saturated heterocycles. The molecular weight excluding hydrogens is 316 g/mol. The van der Waals surface area contributed by atoms with E-state index in [9.17, 15) is 0 Å². The minimum absolute atomic E-state index is 0.602. The molecule has 0 spiro atoms. The summed E-state index contributed by atoms with van der Waals surface area (Å²) in [5.74, 6) is 0.602. The molecule has 3 rings (SSSR count). The van der Waals surface area contributed by atoms with Gasteiger partial charge >= 0.3 is 0 Å². The second-order valence-electron chi connectivity index (χ2n) is 3.89. The molecule has 0 bridgehead atoms. The van der Waals surface area contributed by atoms with Gasteiger partial charge < -0.3 is 0 Å². The monoisotopic (exact) mass is 324 g/mol. The van der Waals surface area contributed by atoms with Crippen molar-refractivity contribution in [3.05, 3.63) is 45.9 Å². The Morgan fingerprint density at radius 2 is 2.05 bits per heavy atom. The van der Waals surface area contributed by atoms with E-state index in [2.05, 4.69) is 25.1 Å². The van der Waals surface area contributed by atoms with E-state index < -0.39 is 0 Å². The second kappa shape index (κ2) is 6.29. The van der Waals surface area contributed by atoms with Crippen LogP contribution in [0.25, 0.3) is 0 Å². The Bertz CT molecular complexity index is 683. The van der Waals surface area contributed by atoms with Gasteiger partial charge in [-0.3, -0.25) is 0 Å². The zero-order valence-electron chi connectivity index (χ0n) is 10.2. The average Bonchev–Trinajstić information content (AvgIpc) is 3.07. The third-order valence-corrected chi connectivity index (χ3v) is 4.47. The molecule has 0 unspecified atom stereocenters. The van der Waals surface area contributed by atoms with Crippen molar-refractivity contribution in [3.63, 3.8) is 0 Å². The zero-order chi connectivity index (χ0) is 13.8. The molecule has 0 atom stereocenters. The highest BCUT2D eigenvalue weighted by molar-refractivity contribution is 7.98. The van der Waals surface area contributed by atoms with Crippen LogP contribution in [-0.2, 0) is 12.3 Å². The molecule has 2 aromatic heterocycles. The van der Waals surface area contributed by atoms with Crippen LogP contribution < -0.4 is 0 Å². The fourth-order valence-electron chi connectivity index (χ4n) is 1.57. The number of nitrogens with zero attached hydrogens (tertiary/aromatic N) is 6. The standard InChI is InChI=1S/C11H9ClN6S2/c12-10-9(13-17-20-10)7-19-11-14-15-16-18(11)6-8-4-2-1-3-5-8/h1-5H,6-7H2. The quantitative estimate of drug-likeness (QED) is 0.672. The van der Waals surface area contributed by atoms with Crippen molar-refractivity contribution in [3.8, 4) is 0 Å². The van der Waals surface area contributed by atoms with Crippen molar-refractivity contribution in [1.29, 1.82) is 0 Å². The number of rotatable bonds is 5. The Labute approximate surface area is 128 Å². The average molecular weight is 325 g/mol. The van der Waals surface area contributed by atoms with Crippen LogP contribution in [0.15, 0.2) is 35.5 Å². The normalized spacial score (nSPS) is 10.8. The fourth-order valence-corrected chi connectivity index (χ4v) is 3.18. The number of aromatic nitrogens is 6. The number of thioether (sulfide) groups is 1. The molecule has 0 aliphatic carbocycles. The molecule has 1 aromatic carbocycles. The van der Waals surface area contributed by atoms with E-state index in [0.717, 1.165) is 16.4 Å². The van der Waals surface area contributed by atoms with E-state index in [1.54, 1.807) is 4.68 Å². The fraction of sp³-hybridized carbons (Fsp3) is 0.182. The maximum absolute atomic E-state index is 5.97. The number of benzene rings is 1. The van der Waals surface area contributed by atoms with Gasteiger partial charge in [0.05, 0.1) is 6.54 Å². The van der Waals surface area contributed by atoms with Gasteiger partial charge in [-0.15, -0.1) is 10.2 Å². The summed E-state index contributed by atoms with van der Waals surface area (Å²) in [5, 5.41) is 16.4. The summed E-state index contributed by atoms with van der Waals surface area (Å²) in [6, 6.07) is 10.0. The van der Waals surface area contributed by atoms with Gasteiger partial charge in [-0.2, -0.15) is 0 Å². The number of tetrazole rings is 1. The van der Waals surface area contributed by atoms with Crippen LogP contribution in [0.3, 0.4) is 0 Å². The highest BCUT2D eigenvalue weighted by Gasteiger charge is 2.11. The van der Waals surface area contributed by atoms with Gasteiger partial charge in [0.25, 0.3) is 0 Å². The van der Waals surface area contributed by atoms with E-state index in [1.807, 2.05) is 30.3 Å². The minimum atomic E-state index is 0.602. The highest BCUT2D eigenvalue weighted by Crippen LogP contribution is 2.25. The third-order valence-electron chi connectivity index (χ3n) is 2.52. The first-order valence-corrected chi connectivity index (χ1v) is 7.86. The largest absolute Gasteiger partial charge is 0.216 e. The molecule has 102 valence electrons. The Morgan fingerprint density at radius 3 is 2.80 bits per heavy atom. The molecule has 20 heavy (non-hydrogen) atoms. The van der Waals surface area contributed by atoms with Gasteiger partial charge in [-0.05, 0) is 16.0 Å². The number of hydrogen-bond acceptors (Lipinski definition) is 7. The van der Waals surface area contributed by atoms with Crippen LogP contribution in [0, 0.1) is 0 Å². The van der Waals surface area contributed by atoms with Crippen LogP contribution in [0.4, 0.5) is 0 Å². The van der Waals surface area contributed by atoms with E-state index >= 15 is 0 Å². The SMILES string of the molecule is Clc1snnc1CSc1nnnn1Cc1ccccc1. The van der Waals surface area contributed by atoms with Gasteiger partial charge in [0.1, 0.15) is 10.0 Å². The summed E-state index contributed by atoms with van der Waals surface area (Å²) in [7, 11) is 0. The Morgan fingerprint density at radius 1 is 1.20 bits per heavy atom. The van der Waals surface area contributed by atoms with Gasteiger partial charge in [0.2, 0.25) is 5.16 Å². The predicted octanol–water partition coefficient (Wildman–Crippen LogP) is 2.52. The van der Waals surface area contributed by atoms with Gasteiger partial charge in [-0.25, -0.2) is 4.68 Å². The molecule has 0 aliphatic rings. The van der Waals surface area contributed by atoms with Gasteiger partial charge in [0, 0.05) is 17.3 Å². The summed E-state index contributed by atoms with van der Waals surface area (Å²) < 4.78 is 6.17. The molecule has 0 N–H and O–H groups in total. The number of halogens is 1. The lowest BCUT2D eigenvalue weighted by molar-refractivity contribution is 0.603. The van der Waals surface area contributed by atoms with E-state index in [0.29, 0.717) is 16.6 Å². The van der Waals surface area contributed by atoms with E-state index in [4.69, 9.17) is 11.6 Å². The first kappa shape index (κ1) is 13.5. The molecular formula is C11H9ClN6S2. The summed E-state index contributed by atoms with van der Waals surface area (Å²) in [6.45, 7) is 0.638. The van der Waals surface area contributed by atoms with Crippen molar-refractivity contribution in [1.82, 2.24) is 29.8 Å². The molecule has 0 radical (unpaired) electrons. The van der Waals surface area contributed by atoms with Gasteiger partial charge in [0.15, 0.2) is 0 Å². The van der Waals surface area contributed by atoms with Crippen LogP contribution in [0.1, 0.15) is 11.3 Å². The Hall–Kier alpha value is -1.51. The molecule has 2 heterocycles. The predicted molar refractivity (Wildman–Crippen MR) is 77.8 cm³/mol. The maximum Gasteiger partial charge on any atom is 0.210 e. The molecule has 0 fully saturated rings. The maximum atomic E-state index is 5.97. The molecule has 9 heteroatoms. The summed E-state index contributed by atoms with van der Waals surface area (Å²) in [6.07, 6.45) is 0. The lowest BCUT2D eigenvalue weighted by atomic mass is 10.2. The van der Waals surface area contributed by atoms with Crippen LogP contribution >= 0.6 is 34.9 Å². The van der Waals surface area contributed by atoms with Crippen molar-refractivity contribution in [2.24, 2.45) is 0 Å². The molecule has 0 saturated carbocycles. The highest BCUT2D eigenvalue weighted by atomic mass is 35.5. The first-order valence-electron chi connectivity index (χ1n) is 5.72. The van der Waals surface area contributed by atoms with Gasteiger partial charge in [-0.1, -0.05) is 58.2 Å². The Kier molecular flexibility index (Phi) is 4.24. The molecule has 0 aliphatic heterocycles. The van der Waals surface area contributed by atoms with Crippen molar-refractivity contribution >= 4 is 34.9 Å². The minimum Gasteiger partial charge on any atom is -0.216 e. The summed E-state index contributed by atoms with van der Waals surface area (Å²) in [5.41, 5.74) is 1.91. The van der Waals surface area contributed by atoms with Crippen LogP contribution in [0.2, 0.25) is 4.34 Å². The Balaban J connectivity index is 1.69. The molecule has 0 amide bonds. The lowest BCUT2D eigenvalue weighted by Crippen LogP contribution is -2.03. The third kappa shape index (κ3) is 3.14. The van der Waals surface area contributed by atoms with E-state index in [1.165, 1.54) is 23.3 Å². The molecule has 6 nitrogen and oxygen atoms in total. The van der Waals surface area contributed by atoms with Crippen LogP contribution in [-0.4, -0.2) is 29.8 Å². The summed E-state index contributed by atoms with van der Waals surface area (Å²) >= 11 is 8.64. The van der Waals surface area contributed by atoms with E-state index in [-0.39, 0.29) is 0 Å². The van der Waals surface area contributed by atoms with Crippen molar-refractivity contribution in [2.45, 2.75) is 17.5 Å². The lowest BCUT2D eigenvalue weighted by Gasteiger charge is -2.03. The number of hydrogen-bond donors (Lipinski definition) is 0. The topological polar surface area (TPSA) is 69.4 Å². The first-order chi connectivity index (χ1) is 9.83.